The second-order valence-electron chi connectivity index (χ2n) is 11.4. The number of nitrogens with zero attached hydrogens (tertiary/aromatic N) is 2. The zero-order valence-corrected chi connectivity index (χ0v) is 19.3. The van der Waals surface area contributed by atoms with Crippen molar-refractivity contribution in [2.45, 2.75) is 76.3 Å². The predicted molar refractivity (Wildman–Crippen MR) is 121 cm³/mol. The Morgan fingerprint density at radius 2 is 1.61 bits per heavy atom. The summed E-state index contributed by atoms with van der Waals surface area (Å²) < 4.78 is 5.23. The number of hydrogen-bond donors (Lipinski definition) is 1. The summed E-state index contributed by atoms with van der Waals surface area (Å²) in [5, 5.41) is 3.22. The number of furan rings is 1. The van der Waals surface area contributed by atoms with E-state index in [1.54, 1.807) is 17.0 Å². The van der Waals surface area contributed by atoms with Gasteiger partial charge in [-0.1, -0.05) is 0 Å². The van der Waals surface area contributed by atoms with Crippen LogP contribution < -0.4 is 5.32 Å². The van der Waals surface area contributed by atoms with Crippen LogP contribution in [0.1, 0.15) is 74.8 Å². The van der Waals surface area contributed by atoms with Gasteiger partial charge >= 0.3 is 0 Å². The topological polar surface area (TPSA) is 82.9 Å². The van der Waals surface area contributed by atoms with Crippen LogP contribution in [0.15, 0.2) is 22.8 Å². The molecule has 7 nitrogen and oxygen atoms in total. The van der Waals surface area contributed by atoms with E-state index in [1.807, 2.05) is 4.90 Å². The fraction of sp³-hybridized carbons (Fsp3) is 0.731. The number of hydrogen-bond acceptors (Lipinski definition) is 4. The Labute approximate surface area is 195 Å². The van der Waals surface area contributed by atoms with Gasteiger partial charge in [-0.25, -0.2) is 0 Å². The van der Waals surface area contributed by atoms with Crippen LogP contribution in [0.2, 0.25) is 0 Å². The van der Waals surface area contributed by atoms with Crippen molar-refractivity contribution >= 4 is 17.7 Å². The first-order chi connectivity index (χ1) is 16.0. The monoisotopic (exact) mass is 453 g/mol. The summed E-state index contributed by atoms with van der Waals surface area (Å²) in [6.45, 7) is 1.92. The van der Waals surface area contributed by atoms with Gasteiger partial charge in [0.15, 0.2) is 5.76 Å². The molecule has 1 aromatic heterocycles. The SMILES string of the molecule is O=C(NC1CCN(C(=O)c2ccco2)CC1)C1CCCN1C(=O)C12CC3CC(CC(C3)C1)C2. The molecule has 7 heteroatoms. The highest BCUT2D eigenvalue weighted by Crippen LogP contribution is 2.60. The molecule has 3 heterocycles. The average Bonchev–Trinajstić information content (AvgIpc) is 3.50. The van der Waals surface area contributed by atoms with Crippen molar-refractivity contribution < 1.29 is 18.8 Å². The highest BCUT2D eigenvalue weighted by Gasteiger charge is 2.56. The largest absolute Gasteiger partial charge is 0.459 e. The first-order valence-electron chi connectivity index (χ1n) is 12.9. The summed E-state index contributed by atoms with van der Waals surface area (Å²) in [7, 11) is 0. The number of carbonyl (C=O) groups is 3. The van der Waals surface area contributed by atoms with E-state index in [1.165, 1.54) is 25.5 Å². The molecule has 4 saturated carbocycles. The van der Waals surface area contributed by atoms with E-state index < -0.39 is 0 Å². The minimum atomic E-state index is -0.326. The normalized spacial score (nSPS) is 35.8. The first-order valence-corrected chi connectivity index (χ1v) is 12.9. The zero-order chi connectivity index (χ0) is 22.6. The molecule has 178 valence electrons. The fourth-order valence-corrected chi connectivity index (χ4v) is 8.04. The molecular weight excluding hydrogens is 418 g/mol. The van der Waals surface area contributed by atoms with Crippen molar-refractivity contribution in [3.8, 4) is 0 Å². The minimum absolute atomic E-state index is 0.00129. The third-order valence-electron chi connectivity index (χ3n) is 9.17. The van der Waals surface area contributed by atoms with Crippen molar-refractivity contribution in [1.29, 1.82) is 0 Å². The summed E-state index contributed by atoms with van der Waals surface area (Å²) in [6.07, 6.45) is 11.7. The van der Waals surface area contributed by atoms with E-state index in [9.17, 15) is 14.4 Å². The van der Waals surface area contributed by atoms with Crippen molar-refractivity contribution in [2.75, 3.05) is 19.6 Å². The molecule has 4 aliphatic carbocycles. The number of likely N-dealkylation sites (tertiary alicyclic amines) is 2. The number of nitrogens with one attached hydrogen (secondary N) is 1. The average molecular weight is 454 g/mol. The third-order valence-corrected chi connectivity index (χ3v) is 9.17. The highest BCUT2D eigenvalue weighted by atomic mass is 16.3. The summed E-state index contributed by atoms with van der Waals surface area (Å²) in [4.78, 5) is 43.3. The molecule has 1 N–H and O–H groups in total. The second-order valence-corrected chi connectivity index (χ2v) is 11.4. The molecule has 0 spiro atoms. The smallest absolute Gasteiger partial charge is 0.289 e. The Morgan fingerprint density at radius 3 is 2.21 bits per heavy atom. The molecule has 0 radical (unpaired) electrons. The minimum Gasteiger partial charge on any atom is -0.459 e. The molecule has 3 amide bonds. The quantitative estimate of drug-likeness (QED) is 0.759. The van der Waals surface area contributed by atoms with Crippen LogP contribution in [-0.4, -0.2) is 59.2 Å². The molecule has 0 aromatic carbocycles. The Morgan fingerprint density at radius 1 is 0.939 bits per heavy atom. The van der Waals surface area contributed by atoms with Gasteiger partial charge in [-0.3, -0.25) is 14.4 Å². The maximum absolute atomic E-state index is 13.8. The lowest BCUT2D eigenvalue weighted by Gasteiger charge is -2.56. The van der Waals surface area contributed by atoms with Crippen LogP contribution in [0.4, 0.5) is 0 Å². The number of amides is 3. The third kappa shape index (κ3) is 3.77. The van der Waals surface area contributed by atoms with E-state index >= 15 is 0 Å². The lowest BCUT2D eigenvalue weighted by Crippen LogP contribution is -2.58. The second kappa shape index (κ2) is 8.17. The number of rotatable bonds is 4. The number of carbonyl (C=O) groups excluding carboxylic acids is 3. The molecule has 6 fully saturated rings. The van der Waals surface area contributed by atoms with Gasteiger partial charge in [0.25, 0.3) is 5.91 Å². The van der Waals surface area contributed by atoms with Crippen LogP contribution in [0.5, 0.6) is 0 Å². The molecule has 4 bridgehead atoms. The fourth-order valence-electron chi connectivity index (χ4n) is 8.04. The van der Waals surface area contributed by atoms with E-state index in [0.717, 1.165) is 69.2 Å². The van der Waals surface area contributed by atoms with Gasteiger partial charge in [0.1, 0.15) is 6.04 Å². The maximum Gasteiger partial charge on any atom is 0.289 e. The van der Waals surface area contributed by atoms with Crippen molar-refractivity contribution in [3.63, 3.8) is 0 Å². The van der Waals surface area contributed by atoms with Gasteiger partial charge in [0.05, 0.1) is 11.7 Å². The molecule has 1 unspecified atom stereocenters. The molecule has 2 aliphatic heterocycles. The van der Waals surface area contributed by atoms with Crippen molar-refractivity contribution in [3.05, 3.63) is 24.2 Å². The van der Waals surface area contributed by atoms with E-state index in [0.29, 0.717) is 18.8 Å². The predicted octanol–water partition coefficient (Wildman–Crippen LogP) is 3.21. The standard InChI is InChI=1S/C26H35N3O4/c30-23(27-20-5-8-28(9-6-20)24(31)22-4-2-10-33-22)21-3-1-7-29(21)25(32)26-14-17-11-18(15-26)13-19(12-17)16-26/h2,4,10,17-21H,1,3,5-9,11-16H2,(H,27,30). The van der Waals surface area contributed by atoms with Gasteiger partial charge in [-0.15, -0.1) is 0 Å². The van der Waals surface area contributed by atoms with E-state index in [-0.39, 0.29) is 35.2 Å². The molecule has 7 rings (SSSR count). The van der Waals surface area contributed by atoms with Crippen LogP contribution in [-0.2, 0) is 9.59 Å². The Bertz CT molecular complexity index is 883. The van der Waals surface area contributed by atoms with Crippen molar-refractivity contribution in [1.82, 2.24) is 15.1 Å². The van der Waals surface area contributed by atoms with Crippen LogP contribution in [0.3, 0.4) is 0 Å². The van der Waals surface area contributed by atoms with Crippen LogP contribution >= 0.6 is 0 Å². The summed E-state index contributed by atoms with van der Waals surface area (Å²) in [6, 6.07) is 3.13. The summed E-state index contributed by atoms with van der Waals surface area (Å²) in [5.41, 5.74) is -0.185. The Kier molecular flexibility index (Phi) is 5.26. The van der Waals surface area contributed by atoms with Gasteiger partial charge in [-0.05, 0) is 94.1 Å². The molecule has 6 aliphatic rings. The maximum atomic E-state index is 13.8. The molecule has 1 aromatic rings. The molecule has 2 saturated heterocycles. The lowest BCUT2D eigenvalue weighted by atomic mass is 9.49. The van der Waals surface area contributed by atoms with Gasteiger partial charge < -0.3 is 19.5 Å². The number of piperidine rings is 1. The van der Waals surface area contributed by atoms with Crippen LogP contribution in [0, 0.1) is 23.2 Å². The van der Waals surface area contributed by atoms with Crippen LogP contribution in [0.25, 0.3) is 0 Å². The van der Waals surface area contributed by atoms with Gasteiger partial charge in [0, 0.05) is 25.7 Å². The first kappa shape index (κ1) is 21.2. The Balaban J connectivity index is 1.06. The van der Waals surface area contributed by atoms with E-state index in [2.05, 4.69) is 5.32 Å². The molecular formula is C26H35N3O4. The summed E-state index contributed by atoms with van der Waals surface area (Å²) >= 11 is 0. The molecule has 1 atom stereocenters. The Hall–Kier alpha value is -2.31. The highest BCUT2D eigenvalue weighted by molar-refractivity contribution is 5.92. The lowest BCUT2D eigenvalue weighted by molar-refractivity contribution is -0.160. The molecule has 33 heavy (non-hydrogen) atoms. The zero-order valence-electron chi connectivity index (χ0n) is 19.3. The van der Waals surface area contributed by atoms with Gasteiger partial charge in [0.2, 0.25) is 11.8 Å². The van der Waals surface area contributed by atoms with E-state index in [4.69, 9.17) is 4.42 Å². The van der Waals surface area contributed by atoms with Crippen molar-refractivity contribution in [2.24, 2.45) is 23.2 Å². The summed E-state index contributed by atoms with van der Waals surface area (Å²) in [5.74, 6) is 2.73. The van der Waals surface area contributed by atoms with Gasteiger partial charge in [-0.2, -0.15) is 0 Å².